The van der Waals surface area contributed by atoms with Crippen LogP contribution in [0.4, 0.5) is 17.6 Å². The highest BCUT2D eigenvalue weighted by molar-refractivity contribution is 7.80. The number of hydrogen-bond acceptors (Lipinski definition) is 6. The van der Waals surface area contributed by atoms with E-state index in [4.69, 9.17) is 17.0 Å². The smallest absolute Gasteiger partial charge is 0.232 e. The van der Waals surface area contributed by atoms with E-state index in [1.54, 1.807) is 6.08 Å². The average molecular weight is 348 g/mol. The van der Waals surface area contributed by atoms with Gasteiger partial charge in [-0.2, -0.15) is 9.97 Å². The molecule has 2 aliphatic heterocycles. The molecule has 0 saturated carbocycles. The minimum absolute atomic E-state index is 0.501. The van der Waals surface area contributed by atoms with Gasteiger partial charge in [0, 0.05) is 38.8 Å². The fraction of sp³-hybridized carbons (Fsp3) is 0.562. The first-order valence-corrected chi connectivity index (χ1v) is 8.79. The first-order valence-electron chi connectivity index (χ1n) is 8.39. The van der Waals surface area contributed by atoms with E-state index in [2.05, 4.69) is 43.0 Å². The summed E-state index contributed by atoms with van der Waals surface area (Å²) in [6.07, 6.45) is 4.17. The number of nitrogens with zero attached hydrogens (tertiary/aromatic N) is 4. The third-order valence-electron chi connectivity index (χ3n) is 4.10. The molecule has 2 aliphatic rings. The molecule has 24 heavy (non-hydrogen) atoms. The van der Waals surface area contributed by atoms with E-state index in [1.807, 2.05) is 0 Å². The molecule has 8 heteroatoms. The topological polar surface area (TPSA) is 65.6 Å². The van der Waals surface area contributed by atoms with Crippen molar-refractivity contribution in [1.82, 2.24) is 15.3 Å². The molecule has 130 valence electrons. The molecule has 2 fully saturated rings. The van der Waals surface area contributed by atoms with Crippen molar-refractivity contribution in [2.75, 3.05) is 61.1 Å². The molecule has 1 aromatic rings. The highest BCUT2D eigenvalue weighted by atomic mass is 32.1. The number of anilines is 3. The van der Waals surface area contributed by atoms with Gasteiger partial charge in [-0.1, -0.05) is 6.08 Å². The quantitative estimate of drug-likeness (QED) is 0.611. The molecule has 2 saturated heterocycles. The van der Waals surface area contributed by atoms with Crippen molar-refractivity contribution >= 4 is 34.9 Å². The Bertz CT molecular complexity index is 584. The van der Waals surface area contributed by atoms with Crippen LogP contribution in [0.3, 0.4) is 0 Å². The highest BCUT2D eigenvalue weighted by Crippen LogP contribution is 2.24. The fourth-order valence-electron chi connectivity index (χ4n) is 2.85. The van der Waals surface area contributed by atoms with Crippen molar-refractivity contribution in [2.45, 2.75) is 12.8 Å². The summed E-state index contributed by atoms with van der Waals surface area (Å²) in [4.78, 5) is 13.8. The Labute approximate surface area is 148 Å². The number of ether oxygens (including phenoxy) is 1. The van der Waals surface area contributed by atoms with Crippen LogP contribution in [-0.2, 0) is 4.74 Å². The van der Waals surface area contributed by atoms with Crippen molar-refractivity contribution in [1.29, 1.82) is 0 Å². The lowest BCUT2D eigenvalue weighted by Crippen LogP contribution is -2.37. The molecule has 3 rings (SSSR count). The Morgan fingerprint density at radius 2 is 1.79 bits per heavy atom. The van der Waals surface area contributed by atoms with Crippen LogP contribution < -0.4 is 20.4 Å². The third kappa shape index (κ3) is 4.33. The van der Waals surface area contributed by atoms with Crippen LogP contribution in [-0.4, -0.2) is 61.0 Å². The second kappa shape index (κ2) is 8.25. The number of morpholine rings is 1. The molecule has 0 aliphatic carbocycles. The number of aromatic nitrogens is 2. The van der Waals surface area contributed by atoms with Gasteiger partial charge in [0.15, 0.2) is 5.11 Å². The largest absolute Gasteiger partial charge is 0.378 e. The van der Waals surface area contributed by atoms with Gasteiger partial charge in [-0.3, -0.25) is 0 Å². The van der Waals surface area contributed by atoms with Gasteiger partial charge in [-0.05, 0) is 25.1 Å². The molecule has 0 atom stereocenters. The highest BCUT2D eigenvalue weighted by Gasteiger charge is 2.19. The van der Waals surface area contributed by atoms with Gasteiger partial charge >= 0.3 is 0 Å². The summed E-state index contributed by atoms with van der Waals surface area (Å²) in [5.74, 6) is 2.41. The minimum Gasteiger partial charge on any atom is -0.378 e. The fourth-order valence-corrected chi connectivity index (χ4v) is 3.03. The molecule has 0 spiro atoms. The molecule has 0 bridgehead atoms. The van der Waals surface area contributed by atoms with Gasteiger partial charge in [0.2, 0.25) is 5.95 Å². The van der Waals surface area contributed by atoms with E-state index in [0.717, 1.165) is 51.0 Å². The normalized spacial score (nSPS) is 17.7. The van der Waals surface area contributed by atoms with Crippen molar-refractivity contribution in [3.63, 3.8) is 0 Å². The molecule has 0 radical (unpaired) electrons. The Hall–Kier alpha value is -1.93. The average Bonchev–Trinajstić information content (AvgIpc) is 3.15. The SMILES string of the molecule is C=CCNC(=S)Nc1nc(N2CCCC2)cc(N2CCOCC2)n1. The van der Waals surface area contributed by atoms with E-state index in [0.29, 0.717) is 17.6 Å². The van der Waals surface area contributed by atoms with Crippen LogP contribution in [0.15, 0.2) is 18.7 Å². The monoisotopic (exact) mass is 348 g/mol. The molecule has 2 N–H and O–H groups in total. The molecular formula is C16H24N6OS. The van der Waals surface area contributed by atoms with E-state index in [1.165, 1.54) is 12.8 Å². The van der Waals surface area contributed by atoms with Crippen LogP contribution in [0.25, 0.3) is 0 Å². The van der Waals surface area contributed by atoms with Crippen LogP contribution in [0.5, 0.6) is 0 Å². The molecule has 7 nitrogen and oxygen atoms in total. The van der Waals surface area contributed by atoms with Gasteiger partial charge in [0.05, 0.1) is 13.2 Å². The van der Waals surface area contributed by atoms with Crippen molar-refractivity contribution in [3.05, 3.63) is 18.7 Å². The molecule has 0 unspecified atom stereocenters. The maximum Gasteiger partial charge on any atom is 0.232 e. The van der Waals surface area contributed by atoms with E-state index < -0.39 is 0 Å². The van der Waals surface area contributed by atoms with Crippen LogP contribution in [0.1, 0.15) is 12.8 Å². The molecule has 0 aromatic carbocycles. The molecule has 3 heterocycles. The maximum absolute atomic E-state index is 5.44. The zero-order valence-electron chi connectivity index (χ0n) is 13.8. The Morgan fingerprint density at radius 3 is 2.42 bits per heavy atom. The summed E-state index contributed by atoms with van der Waals surface area (Å²) in [7, 11) is 0. The lowest BCUT2D eigenvalue weighted by atomic mass is 10.4. The first kappa shape index (κ1) is 16.9. The minimum atomic E-state index is 0.501. The summed E-state index contributed by atoms with van der Waals surface area (Å²) in [6, 6.07) is 2.07. The maximum atomic E-state index is 5.44. The lowest BCUT2D eigenvalue weighted by Gasteiger charge is -2.29. The lowest BCUT2D eigenvalue weighted by molar-refractivity contribution is 0.122. The van der Waals surface area contributed by atoms with E-state index in [-0.39, 0.29) is 0 Å². The predicted octanol–water partition coefficient (Wildman–Crippen LogP) is 1.39. The summed E-state index contributed by atoms with van der Waals surface area (Å²) >= 11 is 5.28. The van der Waals surface area contributed by atoms with E-state index >= 15 is 0 Å². The number of thiocarbonyl (C=S) groups is 1. The number of rotatable bonds is 5. The third-order valence-corrected chi connectivity index (χ3v) is 4.34. The standard InChI is InChI=1S/C16H24N6OS/c1-2-5-17-16(24)20-15-18-13(21-6-3-4-7-21)12-14(19-15)22-8-10-23-11-9-22/h2,12H,1,3-11H2,(H2,17,18,19,20,24). The zero-order valence-corrected chi connectivity index (χ0v) is 14.6. The van der Waals surface area contributed by atoms with Gasteiger partial charge in [0.25, 0.3) is 0 Å². The van der Waals surface area contributed by atoms with Gasteiger partial charge in [-0.15, -0.1) is 6.58 Å². The second-order valence-corrected chi connectivity index (χ2v) is 6.23. The Kier molecular flexibility index (Phi) is 5.81. The Morgan fingerprint density at radius 1 is 1.17 bits per heavy atom. The molecular weight excluding hydrogens is 324 g/mol. The second-order valence-electron chi connectivity index (χ2n) is 5.83. The summed E-state index contributed by atoms with van der Waals surface area (Å²) < 4.78 is 5.44. The van der Waals surface area contributed by atoms with Crippen molar-refractivity contribution in [2.24, 2.45) is 0 Å². The predicted molar refractivity (Wildman–Crippen MR) is 101 cm³/mol. The van der Waals surface area contributed by atoms with Crippen LogP contribution in [0, 0.1) is 0 Å². The number of nitrogens with one attached hydrogen (secondary N) is 2. The number of hydrogen-bond donors (Lipinski definition) is 2. The first-order chi connectivity index (χ1) is 11.8. The van der Waals surface area contributed by atoms with Crippen molar-refractivity contribution in [3.8, 4) is 0 Å². The van der Waals surface area contributed by atoms with Crippen LogP contribution >= 0.6 is 12.2 Å². The summed E-state index contributed by atoms with van der Waals surface area (Å²) in [5.41, 5.74) is 0. The summed E-state index contributed by atoms with van der Waals surface area (Å²) in [5, 5.41) is 6.63. The zero-order chi connectivity index (χ0) is 16.8. The molecule has 0 amide bonds. The van der Waals surface area contributed by atoms with Crippen LogP contribution in [0.2, 0.25) is 0 Å². The van der Waals surface area contributed by atoms with E-state index in [9.17, 15) is 0 Å². The Balaban J connectivity index is 1.81. The van der Waals surface area contributed by atoms with Gasteiger partial charge < -0.3 is 25.2 Å². The van der Waals surface area contributed by atoms with Gasteiger partial charge in [0.1, 0.15) is 11.6 Å². The summed E-state index contributed by atoms with van der Waals surface area (Å²) in [6.45, 7) is 9.50. The molecule has 1 aromatic heterocycles. The van der Waals surface area contributed by atoms with Gasteiger partial charge in [-0.25, -0.2) is 0 Å². The van der Waals surface area contributed by atoms with Crippen molar-refractivity contribution < 1.29 is 4.74 Å².